The fraction of sp³-hybridized carbons (Fsp3) is 0.158. The van der Waals surface area contributed by atoms with E-state index in [1.54, 1.807) is 0 Å². The summed E-state index contributed by atoms with van der Waals surface area (Å²) < 4.78 is 0. The van der Waals surface area contributed by atoms with E-state index in [1.165, 1.54) is 0 Å². The highest BCUT2D eigenvalue weighted by atomic mass is 35.5. The van der Waals surface area contributed by atoms with Crippen molar-refractivity contribution in [3.8, 4) is 6.07 Å². The molecule has 1 heterocycles. The van der Waals surface area contributed by atoms with Crippen LogP contribution in [0, 0.1) is 18.3 Å². The van der Waals surface area contributed by atoms with Crippen LogP contribution in [-0.4, -0.2) is 10.2 Å². The van der Waals surface area contributed by atoms with Crippen LogP contribution in [0.2, 0.25) is 10.0 Å². The van der Waals surface area contributed by atoms with Crippen LogP contribution in [0.1, 0.15) is 27.9 Å². The number of nitriles is 1. The van der Waals surface area contributed by atoms with Crippen molar-refractivity contribution in [2.24, 2.45) is 0 Å². The van der Waals surface area contributed by atoms with Crippen LogP contribution < -0.4 is 5.32 Å². The molecule has 0 bridgehead atoms. The van der Waals surface area contributed by atoms with Gasteiger partial charge in [-0.3, -0.25) is 5.10 Å². The van der Waals surface area contributed by atoms with Gasteiger partial charge in [-0.1, -0.05) is 47.5 Å². The first-order valence-corrected chi connectivity index (χ1v) is 8.53. The Morgan fingerprint density at radius 1 is 1.20 bits per heavy atom. The van der Waals surface area contributed by atoms with E-state index >= 15 is 0 Å². The molecule has 25 heavy (non-hydrogen) atoms. The fourth-order valence-corrected chi connectivity index (χ4v) is 3.09. The summed E-state index contributed by atoms with van der Waals surface area (Å²) in [6.07, 6.45) is 0.559. The minimum absolute atomic E-state index is 0.495. The second-order valence-corrected chi connectivity index (χ2v) is 6.64. The van der Waals surface area contributed by atoms with Gasteiger partial charge in [0.1, 0.15) is 11.6 Å². The number of rotatable bonds is 5. The number of aromatic nitrogens is 2. The lowest BCUT2D eigenvalue weighted by Gasteiger charge is -2.07. The molecule has 0 unspecified atom stereocenters. The summed E-state index contributed by atoms with van der Waals surface area (Å²) in [7, 11) is 0. The highest BCUT2D eigenvalue weighted by Gasteiger charge is 2.14. The molecule has 2 N–H and O–H groups in total. The van der Waals surface area contributed by atoms with E-state index in [2.05, 4.69) is 21.6 Å². The molecule has 0 amide bonds. The monoisotopic (exact) mass is 370 g/mol. The van der Waals surface area contributed by atoms with Gasteiger partial charge in [0.2, 0.25) is 0 Å². The molecule has 3 aromatic rings. The van der Waals surface area contributed by atoms with Crippen molar-refractivity contribution in [2.75, 3.05) is 5.32 Å². The molecular weight excluding hydrogens is 355 g/mol. The molecule has 0 aliphatic carbocycles. The zero-order valence-corrected chi connectivity index (χ0v) is 15.1. The second kappa shape index (κ2) is 7.60. The first kappa shape index (κ1) is 17.3. The lowest BCUT2D eigenvalue weighted by atomic mass is 10.1. The molecule has 0 atom stereocenters. The predicted molar refractivity (Wildman–Crippen MR) is 101 cm³/mol. The van der Waals surface area contributed by atoms with Gasteiger partial charge in [0, 0.05) is 23.0 Å². The summed E-state index contributed by atoms with van der Waals surface area (Å²) in [4.78, 5) is 0. The number of hydrogen-bond acceptors (Lipinski definition) is 3. The number of aromatic amines is 1. The second-order valence-electron chi connectivity index (χ2n) is 5.79. The third-order valence-corrected chi connectivity index (χ3v) is 4.46. The van der Waals surface area contributed by atoms with Crippen LogP contribution in [0.25, 0.3) is 0 Å². The fourth-order valence-electron chi connectivity index (χ4n) is 2.58. The number of halogens is 2. The molecule has 0 radical (unpaired) electrons. The zero-order chi connectivity index (χ0) is 17.8. The lowest BCUT2D eigenvalue weighted by molar-refractivity contribution is 0.987. The lowest BCUT2D eigenvalue weighted by Crippen LogP contribution is -2.02. The van der Waals surface area contributed by atoms with Crippen LogP contribution in [0.3, 0.4) is 0 Å². The average molecular weight is 371 g/mol. The van der Waals surface area contributed by atoms with Gasteiger partial charge in [0.15, 0.2) is 5.82 Å². The summed E-state index contributed by atoms with van der Waals surface area (Å²) in [5.41, 5.74) is 4.33. The summed E-state index contributed by atoms with van der Waals surface area (Å²) >= 11 is 12.3. The van der Waals surface area contributed by atoms with Crippen molar-refractivity contribution in [3.63, 3.8) is 0 Å². The third kappa shape index (κ3) is 4.14. The van der Waals surface area contributed by atoms with Gasteiger partial charge in [0.25, 0.3) is 0 Å². The summed E-state index contributed by atoms with van der Waals surface area (Å²) in [5, 5.41) is 21.2. The van der Waals surface area contributed by atoms with Gasteiger partial charge < -0.3 is 5.32 Å². The minimum atomic E-state index is 0.495. The van der Waals surface area contributed by atoms with Gasteiger partial charge in [-0.05, 0) is 41.8 Å². The Morgan fingerprint density at radius 2 is 2.04 bits per heavy atom. The Bertz CT molecular complexity index is 941. The van der Waals surface area contributed by atoms with Gasteiger partial charge in [-0.15, -0.1) is 0 Å². The molecule has 0 saturated heterocycles. The van der Waals surface area contributed by atoms with Crippen LogP contribution >= 0.6 is 23.2 Å². The van der Waals surface area contributed by atoms with Crippen LogP contribution in [0.15, 0.2) is 42.5 Å². The molecule has 126 valence electrons. The Labute approximate surface area is 156 Å². The van der Waals surface area contributed by atoms with Crippen molar-refractivity contribution in [2.45, 2.75) is 19.9 Å². The van der Waals surface area contributed by atoms with Gasteiger partial charge >= 0.3 is 0 Å². The first-order valence-electron chi connectivity index (χ1n) is 7.77. The predicted octanol–water partition coefficient (Wildman–Crippen LogP) is 5.10. The van der Waals surface area contributed by atoms with Crippen molar-refractivity contribution in [3.05, 3.63) is 80.5 Å². The topological polar surface area (TPSA) is 64.5 Å². The van der Waals surface area contributed by atoms with Gasteiger partial charge in [0.05, 0.1) is 5.69 Å². The Kier molecular flexibility index (Phi) is 5.28. The SMILES string of the molecule is Cc1ccc(CNc2n[nH]c(Cc3cccc(Cl)c3)c2C#N)c(Cl)c1. The largest absolute Gasteiger partial charge is 0.363 e. The molecular formula is C19H16Cl2N4. The maximum atomic E-state index is 9.51. The van der Waals surface area contributed by atoms with Crippen LogP contribution in [-0.2, 0) is 13.0 Å². The summed E-state index contributed by atoms with van der Waals surface area (Å²) in [6.45, 7) is 2.49. The molecule has 2 aromatic carbocycles. The third-order valence-electron chi connectivity index (χ3n) is 3.88. The maximum Gasteiger partial charge on any atom is 0.166 e. The van der Waals surface area contributed by atoms with Gasteiger partial charge in [-0.2, -0.15) is 10.4 Å². The molecule has 1 aromatic heterocycles. The van der Waals surface area contributed by atoms with E-state index < -0.39 is 0 Å². The Balaban J connectivity index is 1.77. The van der Waals surface area contributed by atoms with Crippen LogP contribution in [0.4, 0.5) is 5.82 Å². The van der Waals surface area contributed by atoms with Crippen molar-refractivity contribution in [1.82, 2.24) is 10.2 Å². The smallest absolute Gasteiger partial charge is 0.166 e. The van der Waals surface area contributed by atoms with E-state index in [1.807, 2.05) is 49.4 Å². The molecule has 6 heteroatoms. The van der Waals surface area contributed by atoms with E-state index in [-0.39, 0.29) is 0 Å². The molecule has 0 aliphatic heterocycles. The van der Waals surface area contributed by atoms with E-state index in [0.29, 0.717) is 34.4 Å². The summed E-state index contributed by atoms with van der Waals surface area (Å²) in [5.74, 6) is 0.524. The molecule has 0 fully saturated rings. The van der Waals surface area contributed by atoms with E-state index in [0.717, 1.165) is 22.4 Å². The molecule has 0 aliphatic rings. The van der Waals surface area contributed by atoms with Crippen molar-refractivity contribution >= 4 is 29.0 Å². The zero-order valence-electron chi connectivity index (χ0n) is 13.6. The standard InChI is InChI=1S/C19H16Cl2N4/c1-12-5-6-14(17(21)7-12)11-23-19-16(10-22)18(24-25-19)9-13-3-2-4-15(20)8-13/h2-8H,9,11H2,1H3,(H2,23,24,25). The number of nitrogens with one attached hydrogen (secondary N) is 2. The number of H-pyrrole nitrogens is 1. The quantitative estimate of drug-likeness (QED) is 0.656. The number of aryl methyl sites for hydroxylation is 1. The van der Waals surface area contributed by atoms with E-state index in [9.17, 15) is 5.26 Å². The Morgan fingerprint density at radius 3 is 2.76 bits per heavy atom. The molecule has 0 saturated carbocycles. The molecule has 4 nitrogen and oxygen atoms in total. The normalized spacial score (nSPS) is 10.5. The van der Waals surface area contributed by atoms with Crippen LogP contribution in [0.5, 0.6) is 0 Å². The highest BCUT2D eigenvalue weighted by Crippen LogP contribution is 2.23. The number of anilines is 1. The van der Waals surface area contributed by atoms with Crippen molar-refractivity contribution < 1.29 is 0 Å². The Hall–Kier alpha value is -2.48. The minimum Gasteiger partial charge on any atom is -0.363 e. The molecule has 3 rings (SSSR count). The van der Waals surface area contributed by atoms with E-state index in [4.69, 9.17) is 23.2 Å². The highest BCUT2D eigenvalue weighted by molar-refractivity contribution is 6.31. The molecule has 0 spiro atoms. The van der Waals surface area contributed by atoms with Gasteiger partial charge in [-0.25, -0.2) is 0 Å². The average Bonchev–Trinajstić information content (AvgIpc) is 2.95. The number of benzene rings is 2. The first-order chi connectivity index (χ1) is 12.1. The number of hydrogen-bond donors (Lipinski definition) is 2. The van der Waals surface area contributed by atoms with Crippen molar-refractivity contribution in [1.29, 1.82) is 5.26 Å². The summed E-state index contributed by atoms with van der Waals surface area (Å²) in [6, 6.07) is 15.7. The number of nitrogens with zero attached hydrogens (tertiary/aromatic N) is 2. The maximum absolute atomic E-state index is 9.51.